The number of aryl methyl sites for hydroxylation is 2. The highest BCUT2D eigenvalue weighted by atomic mass is 16.5. The Hall–Kier alpha value is -1.80. The molecule has 0 aromatic heterocycles. The Bertz CT molecular complexity index is 563. The van der Waals surface area contributed by atoms with Gasteiger partial charge in [-0.1, -0.05) is 48.9 Å². The van der Waals surface area contributed by atoms with Gasteiger partial charge < -0.3 is 10.5 Å². The number of nitrogens with two attached hydrogens (primary N) is 1. The van der Waals surface area contributed by atoms with Crippen LogP contribution in [0, 0.1) is 6.92 Å². The summed E-state index contributed by atoms with van der Waals surface area (Å²) >= 11 is 0. The summed E-state index contributed by atoms with van der Waals surface area (Å²) in [6, 6.07) is 16.5. The van der Waals surface area contributed by atoms with Crippen molar-refractivity contribution >= 4 is 0 Å². The number of ether oxygens (including phenoxy) is 1. The van der Waals surface area contributed by atoms with Gasteiger partial charge in [-0.3, -0.25) is 0 Å². The van der Waals surface area contributed by atoms with Crippen LogP contribution >= 0.6 is 0 Å². The third kappa shape index (κ3) is 3.61. The van der Waals surface area contributed by atoms with Crippen molar-refractivity contribution in [1.82, 2.24) is 0 Å². The SMILES string of the molecule is CCc1cccc(OC(c2cccc(C)c2)C(C)N)c1. The van der Waals surface area contributed by atoms with Crippen molar-refractivity contribution in [2.75, 3.05) is 0 Å². The van der Waals surface area contributed by atoms with Crippen molar-refractivity contribution < 1.29 is 4.74 Å². The summed E-state index contributed by atoms with van der Waals surface area (Å²) in [6.45, 7) is 6.21. The summed E-state index contributed by atoms with van der Waals surface area (Å²) in [5.41, 5.74) is 9.73. The van der Waals surface area contributed by atoms with Gasteiger partial charge in [-0.05, 0) is 43.5 Å². The van der Waals surface area contributed by atoms with E-state index in [1.54, 1.807) is 0 Å². The Balaban J connectivity index is 2.25. The van der Waals surface area contributed by atoms with Gasteiger partial charge in [0.2, 0.25) is 0 Å². The van der Waals surface area contributed by atoms with Crippen LogP contribution < -0.4 is 10.5 Å². The van der Waals surface area contributed by atoms with Gasteiger partial charge in [0.05, 0.1) is 0 Å². The van der Waals surface area contributed by atoms with Crippen LogP contribution in [0.25, 0.3) is 0 Å². The molecule has 0 saturated carbocycles. The quantitative estimate of drug-likeness (QED) is 0.889. The maximum atomic E-state index is 6.13. The van der Waals surface area contributed by atoms with Crippen molar-refractivity contribution in [2.24, 2.45) is 5.73 Å². The molecule has 106 valence electrons. The molecule has 2 unspecified atom stereocenters. The second kappa shape index (κ2) is 6.58. The van der Waals surface area contributed by atoms with Crippen molar-refractivity contribution in [3.63, 3.8) is 0 Å². The minimum atomic E-state index is -0.123. The average molecular weight is 269 g/mol. The lowest BCUT2D eigenvalue weighted by molar-refractivity contribution is 0.180. The van der Waals surface area contributed by atoms with Gasteiger partial charge in [-0.25, -0.2) is 0 Å². The molecule has 0 aliphatic heterocycles. The van der Waals surface area contributed by atoms with Crippen molar-refractivity contribution in [3.05, 3.63) is 65.2 Å². The Kier molecular flexibility index (Phi) is 4.80. The molecule has 0 saturated heterocycles. The van der Waals surface area contributed by atoms with E-state index in [0.29, 0.717) is 0 Å². The molecule has 2 nitrogen and oxygen atoms in total. The first kappa shape index (κ1) is 14.6. The van der Waals surface area contributed by atoms with Gasteiger partial charge in [-0.2, -0.15) is 0 Å². The minimum Gasteiger partial charge on any atom is -0.484 e. The van der Waals surface area contributed by atoms with Crippen LogP contribution in [0.4, 0.5) is 0 Å². The highest BCUT2D eigenvalue weighted by molar-refractivity contribution is 5.31. The molecule has 2 heteroatoms. The molecule has 0 spiro atoms. The zero-order chi connectivity index (χ0) is 14.5. The summed E-state index contributed by atoms with van der Waals surface area (Å²) in [6.07, 6.45) is 0.881. The van der Waals surface area contributed by atoms with E-state index >= 15 is 0 Å². The number of rotatable bonds is 5. The molecule has 0 amide bonds. The molecule has 20 heavy (non-hydrogen) atoms. The fourth-order valence-electron chi connectivity index (χ4n) is 2.31. The number of hydrogen-bond donors (Lipinski definition) is 1. The van der Waals surface area contributed by atoms with Crippen molar-refractivity contribution in [3.8, 4) is 5.75 Å². The highest BCUT2D eigenvalue weighted by Crippen LogP contribution is 2.25. The molecule has 2 rings (SSSR count). The van der Waals surface area contributed by atoms with Gasteiger partial charge in [0.1, 0.15) is 11.9 Å². The van der Waals surface area contributed by atoms with Crippen LogP contribution in [0.1, 0.15) is 36.6 Å². The molecule has 0 heterocycles. The lowest BCUT2D eigenvalue weighted by atomic mass is 10.0. The normalized spacial score (nSPS) is 13.8. The Morgan fingerprint density at radius 1 is 1.10 bits per heavy atom. The third-order valence-corrected chi connectivity index (χ3v) is 3.42. The summed E-state index contributed by atoms with van der Waals surface area (Å²) < 4.78 is 6.13. The standard InChI is InChI=1S/C18H23NO/c1-4-15-8-6-10-17(12-15)20-18(14(3)19)16-9-5-7-13(2)11-16/h5-12,14,18H,4,19H2,1-3H3. The van der Waals surface area contributed by atoms with E-state index in [2.05, 4.69) is 44.2 Å². The van der Waals surface area contributed by atoms with E-state index in [-0.39, 0.29) is 12.1 Å². The molecule has 2 aromatic rings. The van der Waals surface area contributed by atoms with E-state index in [1.807, 2.05) is 25.1 Å². The van der Waals surface area contributed by atoms with E-state index in [4.69, 9.17) is 10.5 Å². The van der Waals surface area contributed by atoms with Gasteiger partial charge in [0.15, 0.2) is 0 Å². The molecule has 0 bridgehead atoms. The zero-order valence-corrected chi connectivity index (χ0v) is 12.5. The van der Waals surface area contributed by atoms with Crippen LogP contribution in [-0.2, 0) is 6.42 Å². The van der Waals surface area contributed by atoms with Crippen LogP contribution in [0.15, 0.2) is 48.5 Å². The predicted octanol–water partition coefficient (Wildman–Crippen LogP) is 4.02. The Morgan fingerprint density at radius 2 is 1.85 bits per heavy atom. The second-order valence-corrected chi connectivity index (χ2v) is 5.31. The number of hydrogen-bond acceptors (Lipinski definition) is 2. The Labute approximate surface area is 121 Å². The lowest BCUT2D eigenvalue weighted by Crippen LogP contribution is -2.29. The minimum absolute atomic E-state index is 0.0675. The van der Waals surface area contributed by atoms with Gasteiger partial charge >= 0.3 is 0 Å². The van der Waals surface area contributed by atoms with Gasteiger partial charge in [0, 0.05) is 6.04 Å². The summed E-state index contributed by atoms with van der Waals surface area (Å²) in [7, 11) is 0. The predicted molar refractivity (Wildman–Crippen MR) is 84.0 cm³/mol. The highest BCUT2D eigenvalue weighted by Gasteiger charge is 2.18. The first-order valence-corrected chi connectivity index (χ1v) is 7.18. The smallest absolute Gasteiger partial charge is 0.138 e. The van der Waals surface area contributed by atoms with E-state index < -0.39 is 0 Å². The molecule has 0 aliphatic rings. The molecular weight excluding hydrogens is 246 g/mol. The molecule has 0 radical (unpaired) electrons. The average Bonchev–Trinajstić information content (AvgIpc) is 2.44. The van der Waals surface area contributed by atoms with E-state index in [0.717, 1.165) is 17.7 Å². The summed E-state index contributed by atoms with van der Waals surface area (Å²) in [4.78, 5) is 0. The molecule has 2 aromatic carbocycles. The first-order valence-electron chi connectivity index (χ1n) is 7.18. The fraction of sp³-hybridized carbons (Fsp3) is 0.333. The van der Waals surface area contributed by atoms with Crippen LogP contribution in [0.3, 0.4) is 0 Å². The topological polar surface area (TPSA) is 35.2 Å². The fourth-order valence-corrected chi connectivity index (χ4v) is 2.31. The second-order valence-electron chi connectivity index (χ2n) is 5.31. The van der Waals surface area contributed by atoms with E-state index in [1.165, 1.54) is 11.1 Å². The van der Waals surface area contributed by atoms with Crippen molar-refractivity contribution in [1.29, 1.82) is 0 Å². The van der Waals surface area contributed by atoms with Gasteiger partial charge in [0.25, 0.3) is 0 Å². The molecule has 0 aliphatic carbocycles. The summed E-state index contributed by atoms with van der Waals surface area (Å²) in [5, 5.41) is 0. The van der Waals surface area contributed by atoms with Gasteiger partial charge in [-0.15, -0.1) is 0 Å². The molecular formula is C18H23NO. The van der Waals surface area contributed by atoms with Crippen LogP contribution in [0.2, 0.25) is 0 Å². The zero-order valence-electron chi connectivity index (χ0n) is 12.5. The molecule has 2 atom stereocenters. The third-order valence-electron chi connectivity index (χ3n) is 3.42. The summed E-state index contributed by atoms with van der Waals surface area (Å²) in [5.74, 6) is 0.883. The lowest BCUT2D eigenvalue weighted by Gasteiger charge is -2.23. The first-order chi connectivity index (χ1) is 9.60. The van der Waals surface area contributed by atoms with E-state index in [9.17, 15) is 0 Å². The largest absolute Gasteiger partial charge is 0.484 e. The van der Waals surface area contributed by atoms with Crippen LogP contribution in [0.5, 0.6) is 5.75 Å². The monoisotopic (exact) mass is 269 g/mol. The molecule has 0 fully saturated rings. The maximum Gasteiger partial charge on any atom is 0.138 e. The Morgan fingerprint density at radius 3 is 2.50 bits per heavy atom. The van der Waals surface area contributed by atoms with Crippen molar-refractivity contribution in [2.45, 2.75) is 39.3 Å². The number of benzene rings is 2. The molecule has 2 N–H and O–H groups in total. The maximum absolute atomic E-state index is 6.13. The van der Waals surface area contributed by atoms with Crippen LogP contribution in [-0.4, -0.2) is 6.04 Å².